The Labute approximate surface area is 156 Å². The van der Waals surface area contributed by atoms with Crippen molar-refractivity contribution in [2.24, 2.45) is 0 Å². The van der Waals surface area contributed by atoms with Gasteiger partial charge in [-0.15, -0.1) is 0 Å². The van der Waals surface area contributed by atoms with Crippen LogP contribution in [0.25, 0.3) is 0 Å². The van der Waals surface area contributed by atoms with Crippen LogP contribution in [0, 0.1) is 0 Å². The lowest BCUT2D eigenvalue weighted by Crippen LogP contribution is -2.43. The van der Waals surface area contributed by atoms with E-state index >= 15 is 0 Å². The molecule has 2 rings (SSSR count). The maximum absolute atomic E-state index is 12.6. The zero-order valence-electron chi connectivity index (χ0n) is 15.1. The van der Waals surface area contributed by atoms with Crippen LogP contribution in [-0.4, -0.2) is 51.8 Å². The van der Waals surface area contributed by atoms with Crippen LogP contribution in [0.5, 0.6) is 11.5 Å². The van der Waals surface area contributed by atoms with E-state index in [2.05, 4.69) is 10.1 Å². The van der Waals surface area contributed by atoms with E-state index < -0.39 is 32.9 Å². The van der Waals surface area contributed by atoms with E-state index in [4.69, 9.17) is 9.47 Å². The molecule has 0 aromatic heterocycles. The Balaban J connectivity index is 1.99. The number of hydrogen-bond donors (Lipinski definition) is 1. The molecule has 7 nitrogen and oxygen atoms in total. The highest BCUT2D eigenvalue weighted by molar-refractivity contribution is 7.93. The first-order valence-electron chi connectivity index (χ1n) is 8.45. The molecule has 1 fully saturated rings. The molecule has 0 spiro atoms. The lowest BCUT2D eigenvalue weighted by Gasteiger charge is -2.25. The number of hydrogen-bond acceptors (Lipinski definition) is 6. The van der Waals surface area contributed by atoms with E-state index in [1.165, 1.54) is 32.2 Å². The number of sulfone groups is 1. The molecule has 27 heavy (non-hydrogen) atoms. The number of benzene rings is 1. The minimum atomic E-state index is -3.62. The van der Waals surface area contributed by atoms with Crippen LogP contribution < -0.4 is 14.8 Å². The Morgan fingerprint density at radius 2 is 1.96 bits per heavy atom. The van der Waals surface area contributed by atoms with Crippen LogP contribution in [0.4, 0.5) is 8.78 Å². The van der Waals surface area contributed by atoms with E-state index in [0.717, 1.165) is 0 Å². The van der Waals surface area contributed by atoms with Gasteiger partial charge < -0.3 is 19.5 Å². The molecular formula is C17H23F2NO6S. The summed E-state index contributed by atoms with van der Waals surface area (Å²) in [5, 5.41) is 0.786. The fourth-order valence-electron chi connectivity index (χ4n) is 2.79. The van der Waals surface area contributed by atoms with Crippen molar-refractivity contribution in [2.75, 3.05) is 20.3 Å². The van der Waals surface area contributed by atoms with E-state index in [1.54, 1.807) is 0 Å². The number of ether oxygens (including phenoxy) is 3. The molecule has 1 atom stereocenters. The Morgan fingerprint density at radius 3 is 2.56 bits per heavy atom. The predicted octanol–water partition coefficient (Wildman–Crippen LogP) is 1.90. The van der Waals surface area contributed by atoms with Gasteiger partial charge in [0, 0.05) is 19.8 Å². The third kappa shape index (κ3) is 5.52. The summed E-state index contributed by atoms with van der Waals surface area (Å²) in [5.74, 6) is -0.656. The van der Waals surface area contributed by atoms with Gasteiger partial charge in [-0.1, -0.05) is 6.07 Å². The largest absolute Gasteiger partial charge is 0.493 e. The van der Waals surface area contributed by atoms with Gasteiger partial charge in [0.05, 0.1) is 12.4 Å². The van der Waals surface area contributed by atoms with Crippen LogP contribution in [0.3, 0.4) is 0 Å². The van der Waals surface area contributed by atoms with Crippen molar-refractivity contribution >= 4 is 15.7 Å². The fourth-order valence-corrected chi connectivity index (χ4v) is 4.60. The summed E-state index contributed by atoms with van der Waals surface area (Å²) < 4.78 is 64.3. The second-order valence-corrected chi connectivity index (χ2v) is 8.68. The van der Waals surface area contributed by atoms with Crippen molar-refractivity contribution in [1.82, 2.24) is 5.32 Å². The van der Waals surface area contributed by atoms with Crippen molar-refractivity contribution in [1.29, 1.82) is 0 Å². The van der Waals surface area contributed by atoms with Crippen LogP contribution in [0.1, 0.15) is 25.3 Å². The summed E-state index contributed by atoms with van der Waals surface area (Å²) in [5.41, 5.74) is 0.553. The number of nitrogens with one attached hydrogen (secondary N) is 1. The number of halogens is 2. The van der Waals surface area contributed by atoms with Crippen LogP contribution in [0.15, 0.2) is 18.2 Å². The molecule has 1 aliphatic heterocycles. The Hall–Kier alpha value is -1.94. The molecular weight excluding hydrogens is 384 g/mol. The highest BCUT2D eigenvalue weighted by Gasteiger charge is 2.36. The van der Waals surface area contributed by atoms with Crippen molar-refractivity contribution in [3.05, 3.63) is 23.8 Å². The molecule has 1 saturated heterocycles. The molecule has 0 saturated carbocycles. The molecule has 1 aromatic rings. The number of rotatable bonds is 8. The second kappa shape index (κ2) is 9.32. The zero-order chi connectivity index (χ0) is 20.0. The first-order valence-corrected chi connectivity index (χ1v) is 10.1. The van der Waals surface area contributed by atoms with Crippen LogP contribution in [0.2, 0.25) is 0 Å². The SMILES string of the molecule is COc1cc(CNC(=O)[C@@H](C)S(=O)(=O)C2CCOCC2)ccc1OC(F)F. The number of alkyl halides is 2. The van der Waals surface area contributed by atoms with E-state index in [1.807, 2.05) is 0 Å². The minimum absolute atomic E-state index is 0.0256. The number of carbonyl (C=O) groups is 1. The zero-order valence-corrected chi connectivity index (χ0v) is 15.9. The topological polar surface area (TPSA) is 90.9 Å². The van der Waals surface area contributed by atoms with Gasteiger partial charge in [0.2, 0.25) is 5.91 Å². The molecule has 1 N–H and O–H groups in total. The van der Waals surface area contributed by atoms with Gasteiger partial charge in [-0.25, -0.2) is 8.42 Å². The molecule has 1 aromatic carbocycles. The van der Waals surface area contributed by atoms with Gasteiger partial charge in [-0.2, -0.15) is 8.78 Å². The van der Waals surface area contributed by atoms with E-state index in [0.29, 0.717) is 31.6 Å². The van der Waals surface area contributed by atoms with Gasteiger partial charge in [-0.05, 0) is 37.5 Å². The molecule has 1 aliphatic rings. The van der Waals surface area contributed by atoms with Gasteiger partial charge in [0.15, 0.2) is 21.3 Å². The third-order valence-corrected chi connectivity index (χ3v) is 7.01. The van der Waals surface area contributed by atoms with E-state index in [9.17, 15) is 22.0 Å². The number of carbonyl (C=O) groups excluding carboxylic acids is 1. The quantitative estimate of drug-likeness (QED) is 0.708. The maximum Gasteiger partial charge on any atom is 0.387 e. The maximum atomic E-state index is 12.6. The molecule has 0 bridgehead atoms. The molecule has 1 amide bonds. The molecule has 152 valence electrons. The lowest BCUT2D eigenvalue weighted by atomic mass is 10.2. The average Bonchev–Trinajstić information content (AvgIpc) is 2.66. The van der Waals surface area contributed by atoms with Crippen LogP contribution >= 0.6 is 0 Å². The van der Waals surface area contributed by atoms with Crippen molar-refractivity contribution in [3.8, 4) is 11.5 Å². The Bertz CT molecular complexity index is 750. The number of methoxy groups -OCH3 is 1. The normalized spacial score (nSPS) is 16.8. The minimum Gasteiger partial charge on any atom is -0.493 e. The van der Waals surface area contributed by atoms with Crippen molar-refractivity contribution in [3.63, 3.8) is 0 Å². The molecule has 0 aliphatic carbocycles. The fraction of sp³-hybridized carbons (Fsp3) is 0.588. The smallest absolute Gasteiger partial charge is 0.387 e. The molecule has 10 heteroatoms. The van der Waals surface area contributed by atoms with Crippen molar-refractivity contribution in [2.45, 2.75) is 43.4 Å². The lowest BCUT2D eigenvalue weighted by molar-refractivity contribution is -0.120. The first-order chi connectivity index (χ1) is 12.8. The van der Waals surface area contributed by atoms with Crippen LogP contribution in [-0.2, 0) is 25.9 Å². The number of amides is 1. The summed E-state index contributed by atoms with van der Waals surface area (Å²) >= 11 is 0. The van der Waals surface area contributed by atoms with E-state index in [-0.39, 0.29) is 18.0 Å². The highest BCUT2D eigenvalue weighted by atomic mass is 32.2. The highest BCUT2D eigenvalue weighted by Crippen LogP contribution is 2.29. The second-order valence-electron chi connectivity index (χ2n) is 6.12. The Morgan fingerprint density at radius 1 is 1.30 bits per heavy atom. The molecule has 1 heterocycles. The van der Waals surface area contributed by atoms with Crippen molar-refractivity contribution < 1.29 is 36.2 Å². The first kappa shape index (κ1) is 21.4. The predicted molar refractivity (Wildman–Crippen MR) is 93.7 cm³/mol. The molecule has 0 unspecified atom stereocenters. The summed E-state index contributed by atoms with van der Waals surface area (Å²) in [6.45, 7) is -0.866. The van der Waals surface area contributed by atoms with Gasteiger partial charge in [-0.3, -0.25) is 4.79 Å². The van der Waals surface area contributed by atoms with Gasteiger partial charge >= 0.3 is 6.61 Å². The monoisotopic (exact) mass is 407 g/mol. The Kier molecular flexibility index (Phi) is 7.37. The summed E-state index contributed by atoms with van der Waals surface area (Å²) in [7, 11) is -2.31. The average molecular weight is 407 g/mol. The van der Waals surface area contributed by atoms with Gasteiger partial charge in [0.1, 0.15) is 5.25 Å². The standard InChI is InChI=1S/C17H23F2NO6S/c1-11(27(22,23)13-5-7-25-8-6-13)16(21)20-10-12-3-4-14(26-17(18)19)15(9-12)24-2/h3-4,9,11,13,17H,5-8,10H2,1-2H3,(H,20,21)/t11-/m1/s1. The molecule has 0 radical (unpaired) electrons. The summed E-state index contributed by atoms with van der Waals surface area (Å²) in [4.78, 5) is 12.3. The third-order valence-electron chi connectivity index (χ3n) is 4.41. The summed E-state index contributed by atoms with van der Waals surface area (Å²) in [6.07, 6.45) is 0.755. The summed E-state index contributed by atoms with van der Waals surface area (Å²) in [6, 6.07) is 4.22. The van der Waals surface area contributed by atoms with Gasteiger partial charge in [0.25, 0.3) is 0 Å².